The summed E-state index contributed by atoms with van der Waals surface area (Å²) in [5.41, 5.74) is 11.1. The van der Waals surface area contributed by atoms with Crippen molar-refractivity contribution >= 4 is 10.9 Å². The highest BCUT2D eigenvalue weighted by Gasteiger charge is 2.05. The fourth-order valence-electron chi connectivity index (χ4n) is 2.62. The summed E-state index contributed by atoms with van der Waals surface area (Å²) >= 11 is 0. The van der Waals surface area contributed by atoms with E-state index in [-0.39, 0.29) is 0 Å². The van der Waals surface area contributed by atoms with Gasteiger partial charge in [0.1, 0.15) is 0 Å². The van der Waals surface area contributed by atoms with Gasteiger partial charge in [0, 0.05) is 24.8 Å². The standard InChI is InChI=1S/C18H17N3/c1-13-8-14(10-19)3-5-17(13)12-21-7-6-16-4-2-15(11-20)9-18(16)21/h2-9H,11-12,20H2,1H3. The molecule has 0 fully saturated rings. The number of hydrogen-bond acceptors (Lipinski definition) is 2. The van der Waals surface area contributed by atoms with Crippen LogP contribution in [0, 0.1) is 18.3 Å². The van der Waals surface area contributed by atoms with E-state index in [4.69, 9.17) is 11.0 Å². The number of benzene rings is 2. The largest absolute Gasteiger partial charge is 0.343 e. The van der Waals surface area contributed by atoms with Crippen LogP contribution in [0.3, 0.4) is 0 Å². The highest BCUT2D eigenvalue weighted by atomic mass is 14.9. The quantitative estimate of drug-likeness (QED) is 0.797. The number of hydrogen-bond donors (Lipinski definition) is 1. The van der Waals surface area contributed by atoms with Gasteiger partial charge in [0.25, 0.3) is 0 Å². The van der Waals surface area contributed by atoms with Crippen LogP contribution < -0.4 is 5.73 Å². The minimum Gasteiger partial charge on any atom is -0.343 e. The molecule has 3 aromatic rings. The van der Waals surface area contributed by atoms with Crippen molar-refractivity contribution in [2.45, 2.75) is 20.0 Å². The molecule has 3 heteroatoms. The van der Waals surface area contributed by atoms with E-state index in [9.17, 15) is 0 Å². The van der Waals surface area contributed by atoms with Crippen LogP contribution in [0.5, 0.6) is 0 Å². The number of nitriles is 1. The Kier molecular flexibility index (Phi) is 3.47. The van der Waals surface area contributed by atoms with Crippen LogP contribution in [0.15, 0.2) is 48.7 Å². The van der Waals surface area contributed by atoms with Crippen LogP contribution in [0.25, 0.3) is 10.9 Å². The van der Waals surface area contributed by atoms with E-state index in [0.29, 0.717) is 12.1 Å². The molecule has 0 amide bonds. The molecule has 1 heterocycles. The van der Waals surface area contributed by atoms with E-state index in [1.165, 1.54) is 16.5 Å². The molecule has 0 aliphatic carbocycles. The van der Waals surface area contributed by atoms with Gasteiger partial charge in [-0.15, -0.1) is 0 Å². The summed E-state index contributed by atoms with van der Waals surface area (Å²) in [5.74, 6) is 0. The van der Waals surface area contributed by atoms with Gasteiger partial charge < -0.3 is 10.3 Å². The molecule has 2 N–H and O–H groups in total. The van der Waals surface area contributed by atoms with Crippen LogP contribution in [0.1, 0.15) is 22.3 Å². The molecule has 0 atom stereocenters. The summed E-state index contributed by atoms with van der Waals surface area (Å²) in [6.07, 6.45) is 2.10. The molecule has 104 valence electrons. The zero-order chi connectivity index (χ0) is 14.8. The predicted molar refractivity (Wildman–Crippen MR) is 84.8 cm³/mol. The first-order chi connectivity index (χ1) is 10.2. The summed E-state index contributed by atoms with van der Waals surface area (Å²) in [5, 5.41) is 10.2. The first-order valence-corrected chi connectivity index (χ1v) is 6.99. The Hall–Kier alpha value is -2.57. The second-order valence-corrected chi connectivity index (χ2v) is 5.29. The van der Waals surface area contributed by atoms with Gasteiger partial charge in [0.2, 0.25) is 0 Å². The molecule has 0 bridgehead atoms. The van der Waals surface area contributed by atoms with Crippen molar-refractivity contribution in [1.29, 1.82) is 5.26 Å². The number of fused-ring (bicyclic) bond motifs is 1. The van der Waals surface area contributed by atoms with Gasteiger partial charge in [-0.05, 0) is 53.3 Å². The van der Waals surface area contributed by atoms with Gasteiger partial charge in [-0.25, -0.2) is 0 Å². The Morgan fingerprint density at radius 3 is 2.71 bits per heavy atom. The molecule has 0 radical (unpaired) electrons. The lowest BCUT2D eigenvalue weighted by atomic mass is 10.1. The lowest BCUT2D eigenvalue weighted by molar-refractivity contribution is 0.829. The van der Waals surface area contributed by atoms with Crippen LogP contribution in [-0.2, 0) is 13.1 Å². The molecule has 1 aromatic heterocycles. The minimum atomic E-state index is 0.553. The second kappa shape index (κ2) is 5.43. The monoisotopic (exact) mass is 275 g/mol. The Bertz CT molecular complexity index is 837. The van der Waals surface area contributed by atoms with E-state index in [1.807, 2.05) is 25.1 Å². The van der Waals surface area contributed by atoms with Gasteiger partial charge in [0.15, 0.2) is 0 Å². The van der Waals surface area contributed by atoms with Gasteiger partial charge >= 0.3 is 0 Å². The number of nitrogens with zero attached hydrogens (tertiary/aromatic N) is 2. The number of aromatic nitrogens is 1. The number of rotatable bonds is 3. The number of aryl methyl sites for hydroxylation is 1. The maximum atomic E-state index is 8.94. The van der Waals surface area contributed by atoms with E-state index < -0.39 is 0 Å². The summed E-state index contributed by atoms with van der Waals surface area (Å²) in [6, 6.07) is 16.5. The van der Waals surface area contributed by atoms with Crippen LogP contribution in [0.4, 0.5) is 0 Å². The maximum absolute atomic E-state index is 8.94. The molecular formula is C18H17N3. The van der Waals surface area contributed by atoms with Gasteiger partial charge in [-0.2, -0.15) is 5.26 Å². The second-order valence-electron chi connectivity index (χ2n) is 5.29. The summed E-state index contributed by atoms with van der Waals surface area (Å²) < 4.78 is 2.23. The topological polar surface area (TPSA) is 54.7 Å². The molecule has 0 aliphatic heterocycles. The molecule has 21 heavy (non-hydrogen) atoms. The lowest BCUT2D eigenvalue weighted by Gasteiger charge is -2.10. The lowest BCUT2D eigenvalue weighted by Crippen LogP contribution is -2.01. The van der Waals surface area contributed by atoms with Crippen molar-refractivity contribution < 1.29 is 0 Å². The molecular weight excluding hydrogens is 258 g/mol. The third kappa shape index (κ3) is 2.54. The maximum Gasteiger partial charge on any atom is 0.0991 e. The van der Waals surface area contributed by atoms with Crippen molar-refractivity contribution in [1.82, 2.24) is 4.57 Å². The molecule has 0 unspecified atom stereocenters. The van der Waals surface area contributed by atoms with E-state index >= 15 is 0 Å². The van der Waals surface area contributed by atoms with E-state index in [1.54, 1.807) is 0 Å². The fourth-order valence-corrected chi connectivity index (χ4v) is 2.62. The third-order valence-electron chi connectivity index (χ3n) is 3.89. The van der Waals surface area contributed by atoms with Gasteiger partial charge in [-0.1, -0.05) is 18.2 Å². The first kappa shape index (κ1) is 13.4. The average molecular weight is 275 g/mol. The fraction of sp³-hybridized carbons (Fsp3) is 0.167. The minimum absolute atomic E-state index is 0.553. The molecule has 3 rings (SSSR count). The zero-order valence-electron chi connectivity index (χ0n) is 12.0. The molecule has 0 saturated heterocycles. The SMILES string of the molecule is Cc1cc(C#N)ccc1Cn1ccc2ccc(CN)cc21. The van der Waals surface area contributed by atoms with Crippen LogP contribution in [-0.4, -0.2) is 4.57 Å². The highest BCUT2D eigenvalue weighted by Crippen LogP contribution is 2.20. The van der Waals surface area contributed by atoms with Crippen molar-refractivity contribution in [2.75, 3.05) is 0 Å². The highest BCUT2D eigenvalue weighted by molar-refractivity contribution is 5.81. The normalized spacial score (nSPS) is 10.7. The molecule has 0 saturated carbocycles. The summed E-state index contributed by atoms with van der Waals surface area (Å²) in [6.45, 7) is 3.40. The molecule has 0 aliphatic rings. The van der Waals surface area contributed by atoms with Crippen molar-refractivity contribution in [3.05, 3.63) is 70.9 Å². The van der Waals surface area contributed by atoms with E-state index in [2.05, 4.69) is 41.1 Å². The summed E-state index contributed by atoms with van der Waals surface area (Å²) in [4.78, 5) is 0. The molecule has 2 aromatic carbocycles. The predicted octanol–water partition coefficient (Wildman–Crippen LogP) is 3.33. The van der Waals surface area contributed by atoms with Gasteiger partial charge in [-0.3, -0.25) is 0 Å². The third-order valence-corrected chi connectivity index (χ3v) is 3.89. The zero-order valence-corrected chi connectivity index (χ0v) is 12.0. The molecule has 3 nitrogen and oxygen atoms in total. The van der Waals surface area contributed by atoms with E-state index in [0.717, 1.165) is 17.7 Å². The summed E-state index contributed by atoms with van der Waals surface area (Å²) in [7, 11) is 0. The smallest absolute Gasteiger partial charge is 0.0991 e. The average Bonchev–Trinajstić information content (AvgIpc) is 2.91. The Morgan fingerprint density at radius 1 is 1.14 bits per heavy atom. The van der Waals surface area contributed by atoms with Crippen molar-refractivity contribution in [2.24, 2.45) is 5.73 Å². The molecule has 0 spiro atoms. The Labute approximate surface area is 124 Å². The van der Waals surface area contributed by atoms with Gasteiger partial charge in [0.05, 0.1) is 11.6 Å². The first-order valence-electron chi connectivity index (χ1n) is 6.99. The van der Waals surface area contributed by atoms with Crippen molar-refractivity contribution in [3.63, 3.8) is 0 Å². The Balaban J connectivity index is 2.00. The van der Waals surface area contributed by atoms with Crippen molar-refractivity contribution in [3.8, 4) is 6.07 Å². The van der Waals surface area contributed by atoms with Crippen LogP contribution in [0.2, 0.25) is 0 Å². The number of nitrogens with two attached hydrogens (primary N) is 1. The van der Waals surface area contributed by atoms with Crippen LogP contribution >= 0.6 is 0 Å². The Morgan fingerprint density at radius 2 is 2.00 bits per heavy atom.